The molecular formula is C17H15FN4O2. The van der Waals surface area contributed by atoms with E-state index in [1.807, 2.05) is 0 Å². The molecule has 3 aromatic rings. The highest BCUT2D eigenvalue weighted by Gasteiger charge is 2.09. The highest BCUT2D eigenvalue weighted by Crippen LogP contribution is 2.19. The van der Waals surface area contributed by atoms with Crippen molar-refractivity contribution in [1.29, 1.82) is 0 Å². The van der Waals surface area contributed by atoms with Crippen LogP contribution in [0.3, 0.4) is 0 Å². The van der Waals surface area contributed by atoms with Crippen molar-refractivity contribution in [1.82, 2.24) is 9.97 Å². The van der Waals surface area contributed by atoms with E-state index >= 15 is 0 Å². The minimum Gasteiger partial charge on any atom is -0.380 e. The Hall–Kier alpha value is -3.22. The number of benzene rings is 1. The number of hydrogen-bond donors (Lipinski definition) is 3. The van der Waals surface area contributed by atoms with E-state index in [-0.39, 0.29) is 17.9 Å². The molecule has 0 saturated heterocycles. The average Bonchev–Trinajstić information content (AvgIpc) is 2.97. The number of nitrogens with zero attached hydrogens (tertiary/aromatic N) is 1. The Morgan fingerprint density at radius 3 is 2.79 bits per heavy atom. The van der Waals surface area contributed by atoms with Crippen molar-refractivity contribution in [3.05, 3.63) is 59.2 Å². The quantitative estimate of drug-likeness (QED) is 0.627. The van der Waals surface area contributed by atoms with E-state index in [2.05, 4.69) is 15.3 Å². The van der Waals surface area contributed by atoms with Crippen molar-refractivity contribution >= 4 is 28.4 Å². The van der Waals surface area contributed by atoms with Crippen LogP contribution in [-0.4, -0.2) is 21.7 Å². The number of H-pyrrole nitrogens is 1. The van der Waals surface area contributed by atoms with Crippen LogP contribution in [0.4, 0.5) is 10.1 Å². The van der Waals surface area contributed by atoms with Gasteiger partial charge in [-0.2, -0.15) is 0 Å². The van der Waals surface area contributed by atoms with Crippen molar-refractivity contribution in [2.45, 2.75) is 13.5 Å². The Balaban J connectivity index is 1.81. The minimum absolute atomic E-state index is 0.0761. The number of hydrogen-bond acceptors (Lipinski definition) is 4. The SMILES string of the molecule is CC(=O)c1cc2cc(NCc3cc(C(N)=O)ccc3F)cnc2[nH]1. The molecule has 0 bridgehead atoms. The van der Waals surface area contributed by atoms with E-state index in [0.717, 1.165) is 5.39 Å². The predicted octanol–water partition coefficient (Wildman–Crippen LogP) is 2.62. The first kappa shape index (κ1) is 15.7. The van der Waals surface area contributed by atoms with Gasteiger partial charge in [0.05, 0.1) is 17.6 Å². The number of amides is 1. The molecule has 0 radical (unpaired) electrons. The van der Waals surface area contributed by atoms with Gasteiger partial charge < -0.3 is 16.0 Å². The average molecular weight is 326 g/mol. The molecule has 24 heavy (non-hydrogen) atoms. The zero-order chi connectivity index (χ0) is 17.3. The number of Topliss-reactive ketones (excluding diaryl/α,β-unsaturated/α-hetero) is 1. The molecule has 2 heterocycles. The molecule has 0 aliphatic rings. The zero-order valence-electron chi connectivity index (χ0n) is 12.9. The van der Waals surface area contributed by atoms with Crippen LogP contribution < -0.4 is 11.1 Å². The number of rotatable bonds is 5. The number of carbonyl (C=O) groups is 2. The van der Waals surface area contributed by atoms with Crippen LogP contribution in [0.25, 0.3) is 11.0 Å². The third-order valence-corrected chi connectivity index (χ3v) is 3.66. The summed E-state index contributed by atoms with van der Waals surface area (Å²) in [4.78, 5) is 29.7. The van der Waals surface area contributed by atoms with Gasteiger partial charge in [-0.05, 0) is 30.3 Å². The zero-order valence-corrected chi connectivity index (χ0v) is 12.9. The van der Waals surface area contributed by atoms with Crippen LogP contribution in [0.5, 0.6) is 0 Å². The molecule has 0 saturated carbocycles. The fourth-order valence-corrected chi connectivity index (χ4v) is 2.36. The van der Waals surface area contributed by atoms with Gasteiger partial charge in [-0.1, -0.05) is 0 Å². The first-order valence-corrected chi connectivity index (χ1v) is 7.26. The molecule has 0 fully saturated rings. The van der Waals surface area contributed by atoms with Gasteiger partial charge in [0.25, 0.3) is 0 Å². The molecule has 6 nitrogen and oxygen atoms in total. The van der Waals surface area contributed by atoms with E-state index in [0.29, 0.717) is 22.6 Å². The number of anilines is 1. The number of aromatic nitrogens is 2. The lowest BCUT2D eigenvalue weighted by molar-refractivity contribution is 0.0995. The third kappa shape index (κ3) is 3.10. The number of aromatic amines is 1. The van der Waals surface area contributed by atoms with Crippen LogP contribution in [-0.2, 0) is 6.54 Å². The maximum atomic E-state index is 13.8. The van der Waals surface area contributed by atoms with E-state index in [1.165, 1.54) is 25.1 Å². The molecule has 0 atom stereocenters. The summed E-state index contributed by atoms with van der Waals surface area (Å²) in [6.07, 6.45) is 1.58. The molecule has 0 aliphatic carbocycles. The van der Waals surface area contributed by atoms with Crippen molar-refractivity contribution in [3.8, 4) is 0 Å². The molecule has 1 amide bonds. The number of ketones is 1. The number of halogens is 1. The van der Waals surface area contributed by atoms with E-state index in [4.69, 9.17) is 5.73 Å². The van der Waals surface area contributed by atoms with Crippen LogP contribution in [0.2, 0.25) is 0 Å². The Bertz CT molecular complexity index is 949. The van der Waals surface area contributed by atoms with Crippen molar-refractivity contribution < 1.29 is 14.0 Å². The lowest BCUT2D eigenvalue weighted by Gasteiger charge is -2.08. The molecule has 1 aromatic carbocycles. The Morgan fingerprint density at radius 1 is 1.29 bits per heavy atom. The standard InChI is InChI=1S/C17H15FN4O2/c1-9(23)15-6-11-5-13(8-21-17(11)22-15)20-7-12-4-10(16(19)24)2-3-14(12)18/h2-6,8,20H,7H2,1H3,(H2,19,24)(H,21,22). The molecule has 122 valence electrons. The first-order chi connectivity index (χ1) is 11.4. The maximum Gasteiger partial charge on any atom is 0.248 e. The minimum atomic E-state index is -0.608. The molecule has 0 aliphatic heterocycles. The third-order valence-electron chi connectivity index (χ3n) is 3.66. The van der Waals surface area contributed by atoms with Gasteiger partial charge >= 0.3 is 0 Å². The summed E-state index contributed by atoms with van der Waals surface area (Å²) in [5.74, 6) is -1.11. The maximum absolute atomic E-state index is 13.8. The van der Waals surface area contributed by atoms with Gasteiger partial charge in [0.15, 0.2) is 5.78 Å². The lowest BCUT2D eigenvalue weighted by atomic mass is 10.1. The molecular weight excluding hydrogens is 311 g/mol. The van der Waals surface area contributed by atoms with Gasteiger partial charge in [0.2, 0.25) is 5.91 Å². The highest BCUT2D eigenvalue weighted by atomic mass is 19.1. The van der Waals surface area contributed by atoms with Crippen molar-refractivity contribution in [2.75, 3.05) is 5.32 Å². The van der Waals surface area contributed by atoms with Gasteiger partial charge in [-0.3, -0.25) is 9.59 Å². The first-order valence-electron chi connectivity index (χ1n) is 7.26. The number of pyridine rings is 1. The Kier molecular flexibility index (Phi) is 3.99. The summed E-state index contributed by atoms with van der Waals surface area (Å²) >= 11 is 0. The molecule has 0 unspecified atom stereocenters. The normalized spacial score (nSPS) is 10.8. The second kappa shape index (κ2) is 6.11. The number of nitrogens with two attached hydrogens (primary N) is 1. The fraction of sp³-hybridized carbons (Fsp3) is 0.118. The second-order valence-corrected chi connectivity index (χ2v) is 5.43. The van der Waals surface area contributed by atoms with Crippen LogP contribution >= 0.6 is 0 Å². The van der Waals surface area contributed by atoms with Crippen molar-refractivity contribution in [2.24, 2.45) is 5.73 Å². The topological polar surface area (TPSA) is 101 Å². The van der Waals surface area contributed by atoms with Crippen molar-refractivity contribution in [3.63, 3.8) is 0 Å². The van der Waals surface area contributed by atoms with E-state index < -0.39 is 11.7 Å². The molecule has 7 heteroatoms. The second-order valence-electron chi connectivity index (χ2n) is 5.43. The fourth-order valence-electron chi connectivity index (χ4n) is 2.36. The molecule has 2 aromatic heterocycles. The van der Waals surface area contributed by atoms with Gasteiger partial charge in [0, 0.05) is 30.0 Å². The summed E-state index contributed by atoms with van der Waals surface area (Å²) in [6.45, 7) is 1.64. The van der Waals surface area contributed by atoms with Gasteiger partial charge in [-0.15, -0.1) is 0 Å². The molecule has 0 spiro atoms. The summed E-state index contributed by atoms with van der Waals surface area (Å²) in [5.41, 5.74) is 7.53. The molecule has 4 N–H and O–H groups in total. The summed E-state index contributed by atoms with van der Waals surface area (Å²) < 4.78 is 13.8. The van der Waals surface area contributed by atoms with Crippen LogP contribution in [0.15, 0.2) is 36.5 Å². The smallest absolute Gasteiger partial charge is 0.248 e. The number of carbonyl (C=O) groups excluding carboxylic acids is 2. The Labute approximate surface area is 136 Å². The largest absolute Gasteiger partial charge is 0.380 e. The van der Waals surface area contributed by atoms with E-state index in [9.17, 15) is 14.0 Å². The van der Waals surface area contributed by atoms with Gasteiger partial charge in [-0.25, -0.2) is 9.37 Å². The molecule has 3 rings (SSSR count). The summed E-state index contributed by atoms with van der Waals surface area (Å²) in [7, 11) is 0. The van der Waals surface area contributed by atoms with E-state index in [1.54, 1.807) is 18.3 Å². The lowest BCUT2D eigenvalue weighted by Crippen LogP contribution is -2.12. The number of fused-ring (bicyclic) bond motifs is 1. The Morgan fingerprint density at radius 2 is 2.08 bits per heavy atom. The summed E-state index contributed by atoms with van der Waals surface area (Å²) in [6, 6.07) is 7.49. The summed E-state index contributed by atoms with van der Waals surface area (Å²) in [5, 5.41) is 3.82. The predicted molar refractivity (Wildman–Crippen MR) is 88.3 cm³/mol. The number of nitrogens with one attached hydrogen (secondary N) is 2. The monoisotopic (exact) mass is 326 g/mol. The highest BCUT2D eigenvalue weighted by molar-refractivity contribution is 5.97. The number of primary amides is 1. The van der Waals surface area contributed by atoms with Crippen LogP contribution in [0.1, 0.15) is 33.3 Å². The van der Waals surface area contributed by atoms with Gasteiger partial charge in [0.1, 0.15) is 11.5 Å². The van der Waals surface area contributed by atoms with Crippen LogP contribution in [0, 0.1) is 5.82 Å².